The number of halogens is 2. The monoisotopic (exact) mass is 541 g/mol. The van der Waals surface area contributed by atoms with E-state index in [0.29, 0.717) is 36.8 Å². The van der Waals surface area contributed by atoms with Crippen LogP contribution in [0.5, 0.6) is 0 Å². The predicted octanol–water partition coefficient (Wildman–Crippen LogP) is 4.53. The summed E-state index contributed by atoms with van der Waals surface area (Å²) < 4.78 is 41.4. The molecule has 0 atom stereocenters. The molecule has 1 fully saturated rings. The lowest BCUT2D eigenvalue weighted by atomic mass is 10.2. The van der Waals surface area contributed by atoms with E-state index in [0.717, 1.165) is 16.4 Å². The highest BCUT2D eigenvalue weighted by molar-refractivity contribution is 7.89. The first-order valence-corrected chi connectivity index (χ1v) is 13.8. The fourth-order valence-electron chi connectivity index (χ4n) is 4.11. The molecular formula is C28H29ClFN3O3S. The Kier molecular flexibility index (Phi) is 9.10. The Morgan fingerprint density at radius 3 is 2.22 bits per heavy atom. The number of hydrogen-bond acceptors (Lipinski definition) is 4. The summed E-state index contributed by atoms with van der Waals surface area (Å²) in [5, 5.41) is 0.414. The maximum absolute atomic E-state index is 13.4. The second-order valence-electron chi connectivity index (χ2n) is 8.85. The molecule has 1 amide bonds. The van der Waals surface area contributed by atoms with E-state index in [1.165, 1.54) is 48.5 Å². The van der Waals surface area contributed by atoms with Crippen molar-refractivity contribution in [2.45, 2.75) is 11.4 Å². The molecule has 0 saturated carbocycles. The zero-order chi connectivity index (χ0) is 26.3. The van der Waals surface area contributed by atoms with E-state index in [9.17, 15) is 17.6 Å². The molecule has 37 heavy (non-hydrogen) atoms. The third-order valence-corrected chi connectivity index (χ3v) is 8.29. The van der Waals surface area contributed by atoms with Gasteiger partial charge in [0.1, 0.15) is 5.82 Å². The highest BCUT2D eigenvalue weighted by atomic mass is 35.5. The molecule has 1 aliphatic heterocycles. The number of nitrogens with zero attached hydrogens (tertiary/aromatic N) is 3. The molecule has 1 heterocycles. The molecule has 3 aromatic rings. The molecule has 0 spiro atoms. The van der Waals surface area contributed by atoms with Gasteiger partial charge in [-0.15, -0.1) is 0 Å². The van der Waals surface area contributed by atoms with E-state index >= 15 is 0 Å². The third kappa shape index (κ3) is 7.49. The van der Waals surface area contributed by atoms with E-state index in [4.69, 9.17) is 11.6 Å². The maximum atomic E-state index is 13.4. The lowest BCUT2D eigenvalue weighted by molar-refractivity contribution is -0.133. The van der Waals surface area contributed by atoms with Gasteiger partial charge in [0.2, 0.25) is 15.9 Å². The first-order valence-electron chi connectivity index (χ1n) is 12.0. The van der Waals surface area contributed by atoms with Crippen LogP contribution >= 0.6 is 11.6 Å². The Labute approximate surface area is 222 Å². The molecule has 0 unspecified atom stereocenters. The molecule has 6 nitrogen and oxygen atoms in total. The average Bonchev–Trinajstić information content (AvgIpc) is 2.91. The summed E-state index contributed by atoms with van der Waals surface area (Å²) in [7, 11) is -4.00. The number of carbonyl (C=O) groups excluding carboxylic acids is 1. The summed E-state index contributed by atoms with van der Waals surface area (Å²) in [5.41, 5.74) is 1.72. The van der Waals surface area contributed by atoms with E-state index in [-0.39, 0.29) is 23.9 Å². The number of carbonyl (C=O) groups is 1. The molecular weight excluding hydrogens is 513 g/mol. The van der Waals surface area contributed by atoms with Gasteiger partial charge in [-0.05, 0) is 47.5 Å². The topological polar surface area (TPSA) is 60.9 Å². The normalized spacial score (nSPS) is 14.9. The average molecular weight is 542 g/mol. The molecule has 3 aromatic carbocycles. The second kappa shape index (κ2) is 12.5. The Morgan fingerprint density at radius 2 is 1.57 bits per heavy atom. The first-order chi connectivity index (χ1) is 17.8. The molecule has 1 saturated heterocycles. The van der Waals surface area contributed by atoms with Crippen LogP contribution in [0.4, 0.5) is 4.39 Å². The van der Waals surface area contributed by atoms with Gasteiger partial charge >= 0.3 is 0 Å². The summed E-state index contributed by atoms with van der Waals surface area (Å²) in [5.74, 6) is -0.678. The van der Waals surface area contributed by atoms with E-state index in [1.54, 1.807) is 4.90 Å². The SMILES string of the molecule is O=C(CN(Cc1ccc(F)cc1)S(=O)(=O)c1ccc(Cl)cc1)N1CCN(C/C=C/c2ccccc2)CC1. The van der Waals surface area contributed by atoms with Crippen LogP contribution in [0, 0.1) is 5.82 Å². The van der Waals surface area contributed by atoms with Gasteiger partial charge in [-0.1, -0.05) is 66.2 Å². The van der Waals surface area contributed by atoms with Crippen LogP contribution in [0.15, 0.2) is 89.8 Å². The Balaban J connectivity index is 1.40. The second-order valence-corrected chi connectivity index (χ2v) is 11.2. The minimum atomic E-state index is -4.00. The van der Waals surface area contributed by atoms with Crippen molar-refractivity contribution >= 4 is 33.6 Å². The molecule has 1 aliphatic rings. The quantitative estimate of drug-likeness (QED) is 0.399. The summed E-state index contributed by atoms with van der Waals surface area (Å²) in [6, 6.07) is 21.5. The van der Waals surface area contributed by atoms with Crippen LogP contribution in [0.1, 0.15) is 11.1 Å². The lowest BCUT2D eigenvalue weighted by Crippen LogP contribution is -2.51. The molecule has 9 heteroatoms. The van der Waals surface area contributed by atoms with Gasteiger partial charge in [0.05, 0.1) is 11.4 Å². The number of hydrogen-bond donors (Lipinski definition) is 0. The number of benzene rings is 3. The van der Waals surface area contributed by atoms with Gasteiger partial charge in [-0.2, -0.15) is 4.31 Å². The highest BCUT2D eigenvalue weighted by Gasteiger charge is 2.30. The fourth-order valence-corrected chi connectivity index (χ4v) is 5.61. The van der Waals surface area contributed by atoms with Crippen molar-refractivity contribution in [2.75, 3.05) is 39.3 Å². The van der Waals surface area contributed by atoms with Gasteiger partial charge in [0.15, 0.2) is 0 Å². The number of rotatable bonds is 9. The summed E-state index contributed by atoms with van der Waals surface area (Å²) in [4.78, 5) is 17.2. The molecule has 0 aromatic heterocycles. The maximum Gasteiger partial charge on any atom is 0.243 e. The van der Waals surface area contributed by atoms with Crippen LogP contribution in [-0.4, -0.2) is 67.7 Å². The van der Waals surface area contributed by atoms with Crippen molar-refractivity contribution in [1.82, 2.24) is 14.1 Å². The van der Waals surface area contributed by atoms with Gasteiger partial charge in [-0.25, -0.2) is 12.8 Å². The van der Waals surface area contributed by atoms with Crippen molar-refractivity contribution in [1.29, 1.82) is 0 Å². The number of amides is 1. The van der Waals surface area contributed by atoms with Crippen molar-refractivity contribution in [3.8, 4) is 0 Å². The largest absolute Gasteiger partial charge is 0.339 e. The van der Waals surface area contributed by atoms with Crippen molar-refractivity contribution in [3.05, 3.63) is 107 Å². The van der Waals surface area contributed by atoms with Crippen LogP contribution in [0.3, 0.4) is 0 Å². The van der Waals surface area contributed by atoms with E-state index in [2.05, 4.69) is 17.1 Å². The minimum Gasteiger partial charge on any atom is -0.339 e. The predicted molar refractivity (Wildman–Crippen MR) is 144 cm³/mol. The minimum absolute atomic E-state index is 0.0434. The molecule has 0 bridgehead atoms. The smallest absolute Gasteiger partial charge is 0.243 e. The Hall–Kier alpha value is -3.04. The van der Waals surface area contributed by atoms with Crippen molar-refractivity contribution < 1.29 is 17.6 Å². The zero-order valence-electron chi connectivity index (χ0n) is 20.3. The number of sulfonamides is 1. The molecule has 194 valence electrons. The van der Waals surface area contributed by atoms with Gasteiger partial charge in [0, 0.05) is 44.3 Å². The molecule has 0 radical (unpaired) electrons. The van der Waals surface area contributed by atoms with Crippen LogP contribution < -0.4 is 0 Å². The van der Waals surface area contributed by atoms with Crippen molar-refractivity contribution in [2.24, 2.45) is 0 Å². The lowest BCUT2D eigenvalue weighted by Gasteiger charge is -2.35. The summed E-state index contributed by atoms with van der Waals surface area (Å²) in [6.07, 6.45) is 4.18. The standard InChI is InChI=1S/C28H29ClFN3O3S/c29-25-10-14-27(15-11-25)37(35,36)33(21-24-8-12-26(30)13-9-24)22-28(34)32-19-17-31(18-20-32)16-4-7-23-5-2-1-3-6-23/h1-15H,16-22H2/b7-4+. The van der Waals surface area contributed by atoms with Gasteiger partial charge < -0.3 is 4.90 Å². The Morgan fingerprint density at radius 1 is 0.919 bits per heavy atom. The molecule has 4 rings (SSSR count). The van der Waals surface area contributed by atoms with Gasteiger partial charge in [0.25, 0.3) is 0 Å². The third-order valence-electron chi connectivity index (χ3n) is 6.23. The van der Waals surface area contributed by atoms with Crippen molar-refractivity contribution in [3.63, 3.8) is 0 Å². The van der Waals surface area contributed by atoms with E-state index < -0.39 is 15.8 Å². The molecule has 0 aliphatic carbocycles. The van der Waals surface area contributed by atoms with Gasteiger partial charge in [-0.3, -0.25) is 9.69 Å². The number of piperazine rings is 1. The zero-order valence-corrected chi connectivity index (χ0v) is 21.9. The van der Waals surface area contributed by atoms with Crippen LogP contribution in [-0.2, 0) is 21.4 Å². The van der Waals surface area contributed by atoms with Crippen LogP contribution in [0.25, 0.3) is 6.08 Å². The highest BCUT2D eigenvalue weighted by Crippen LogP contribution is 2.21. The summed E-state index contributed by atoms with van der Waals surface area (Å²) >= 11 is 5.93. The van der Waals surface area contributed by atoms with E-state index in [1.807, 2.05) is 30.3 Å². The fraction of sp³-hybridized carbons (Fsp3) is 0.250. The summed E-state index contributed by atoms with van der Waals surface area (Å²) in [6.45, 7) is 2.85. The molecule has 0 N–H and O–H groups in total. The first kappa shape index (κ1) is 27.0. The van der Waals surface area contributed by atoms with Crippen LogP contribution in [0.2, 0.25) is 5.02 Å². The Bertz CT molecular complexity index is 1310.